The average molecular weight is 383 g/mol. The standard InChI is InChI=1S/C23H29NO4/c1-14-7-8-18(11-15(14)2)27-16(3)22(25)24-20-13-23(4,5)28-21-10-9-17(26-6)12-19(20)21/h7-12,16,20H,13H2,1-6H3,(H,24,25). The Bertz CT molecular complexity index is 875. The Morgan fingerprint density at radius 1 is 1.14 bits per heavy atom. The Kier molecular flexibility index (Phi) is 5.54. The Labute approximate surface area is 167 Å². The third kappa shape index (κ3) is 4.41. The first-order valence-corrected chi connectivity index (χ1v) is 9.60. The summed E-state index contributed by atoms with van der Waals surface area (Å²) in [5.41, 5.74) is 2.87. The molecule has 2 aromatic carbocycles. The molecule has 0 saturated carbocycles. The van der Waals surface area contributed by atoms with Crippen LogP contribution in [-0.4, -0.2) is 24.7 Å². The second kappa shape index (κ2) is 7.74. The van der Waals surface area contributed by atoms with Crippen LogP contribution in [0.3, 0.4) is 0 Å². The summed E-state index contributed by atoms with van der Waals surface area (Å²) in [5.74, 6) is 2.04. The van der Waals surface area contributed by atoms with E-state index in [-0.39, 0.29) is 17.6 Å². The molecule has 3 rings (SSSR count). The van der Waals surface area contributed by atoms with Gasteiger partial charge in [0.2, 0.25) is 0 Å². The predicted octanol–water partition coefficient (Wildman–Crippen LogP) is 4.50. The number of ether oxygens (including phenoxy) is 3. The van der Waals surface area contributed by atoms with Crippen molar-refractivity contribution in [3.8, 4) is 17.2 Å². The van der Waals surface area contributed by atoms with Crippen LogP contribution in [0.25, 0.3) is 0 Å². The van der Waals surface area contributed by atoms with E-state index in [4.69, 9.17) is 14.2 Å². The minimum Gasteiger partial charge on any atom is -0.497 e. The van der Waals surface area contributed by atoms with Gasteiger partial charge in [-0.05, 0) is 76.1 Å². The molecule has 1 aliphatic heterocycles. The number of hydrogen-bond acceptors (Lipinski definition) is 4. The molecule has 1 amide bonds. The van der Waals surface area contributed by atoms with Crippen molar-refractivity contribution in [2.75, 3.05) is 7.11 Å². The topological polar surface area (TPSA) is 56.8 Å². The maximum atomic E-state index is 12.8. The molecule has 1 heterocycles. The summed E-state index contributed by atoms with van der Waals surface area (Å²) < 4.78 is 17.3. The molecule has 0 aromatic heterocycles. The van der Waals surface area contributed by atoms with Crippen molar-refractivity contribution < 1.29 is 19.0 Å². The second-order valence-electron chi connectivity index (χ2n) is 8.04. The van der Waals surface area contributed by atoms with Crippen molar-refractivity contribution in [1.29, 1.82) is 0 Å². The largest absolute Gasteiger partial charge is 0.497 e. The lowest BCUT2D eigenvalue weighted by molar-refractivity contribution is -0.128. The normalized spacial score (nSPS) is 18.4. The Balaban J connectivity index is 1.76. The van der Waals surface area contributed by atoms with Crippen LogP contribution in [0.15, 0.2) is 36.4 Å². The zero-order chi connectivity index (χ0) is 20.5. The second-order valence-corrected chi connectivity index (χ2v) is 8.04. The maximum absolute atomic E-state index is 12.8. The summed E-state index contributed by atoms with van der Waals surface area (Å²) in [6.45, 7) is 9.89. The number of carbonyl (C=O) groups excluding carboxylic acids is 1. The molecule has 0 fully saturated rings. The van der Waals surface area contributed by atoms with E-state index in [1.807, 2.05) is 64.1 Å². The molecule has 0 aliphatic carbocycles. The SMILES string of the molecule is COc1ccc2c(c1)C(NC(=O)C(C)Oc1ccc(C)c(C)c1)CC(C)(C)O2. The van der Waals surface area contributed by atoms with E-state index in [1.54, 1.807) is 14.0 Å². The summed E-state index contributed by atoms with van der Waals surface area (Å²) in [7, 11) is 1.63. The fourth-order valence-corrected chi connectivity index (χ4v) is 3.42. The third-order valence-corrected chi connectivity index (χ3v) is 5.15. The van der Waals surface area contributed by atoms with Gasteiger partial charge in [-0.15, -0.1) is 0 Å². The smallest absolute Gasteiger partial charge is 0.261 e. The van der Waals surface area contributed by atoms with E-state index in [9.17, 15) is 4.79 Å². The van der Waals surface area contributed by atoms with E-state index in [0.29, 0.717) is 12.2 Å². The molecule has 2 unspecified atom stereocenters. The highest BCUT2D eigenvalue weighted by molar-refractivity contribution is 5.81. The van der Waals surface area contributed by atoms with E-state index in [1.165, 1.54) is 5.56 Å². The number of nitrogens with one attached hydrogen (secondary N) is 1. The predicted molar refractivity (Wildman–Crippen MR) is 109 cm³/mol. The molecule has 5 heteroatoms. The van der Waals surface area contributed by atoms with E-state index in [0.717, 1.165) is 22.6 Å². The first-order chi connectivity index (χ1) is 13.2. The van der Waals surface area contributed by atoms with Gasteiger partial charge in [-0.3, -0.25) is 4.79 Å². The first-order valence-electron chi connectivity index (χ1n) is 9.60. The molecular formula is C23H29NO4. The summed E-state index contributed by atoms with van der Waals surface area (Å²) in [6, 6.07) is 11.4. The van der Waals surface area contributed by atoms with Gasteiger partial charge in [0.15, 0.2) is 6.10 Å². The van der Waals surface area contributed by atoms with Crippen molar-refractivity contribution in [3.05, 3.63) is 53.1 Å². The molecule has 28 heavy (non-hydrogen) atoms. The van der Waals surface area contributed by atoms with E-state index < -0.39 is 6.10 Å². The van der Waals surface area contributed by atoms with Crippen molar-refractivity contribution in [2.24, 2.45) is 0 Å². The van der Waals surface area contributed by atoms with Gasteiger partial charge in [0, 0.05) is 12.0 Å². The van der Waals surface area contributed by atoms with Crippen LogP contribution in [0.5, 0.6) is 17.2 Å². The van der Waals surface area contributed by atoms with Gasteiger partial charge in [-0.2, -0.15) is 0 Å². The number of hydrogen-bond donors (Lipinski definition) is 1. The number of rotatable bonds is 5. The lowest BCUT2D eigenvalue weighted by atomic mass is 9.89. The van der Waals surface area contributed by atoms with E-state index in [2.05, 4.69) is 5.32 Å². The quantitative estimate of drug-likeness (QED) is 0.826. The van der Waals surface area contributed by atoms with Crippen molar-refractivity contribution in [1.82, 2.24) is 5.32 Å². The lowest BCUT2D eigenvalue weighted by Gasteiger charge is -2.38. The zero-order valence-corrected chi connectivity index (χ0v) is 17.5. The summed E-state index contributed by atoms with van der Waals surface area (Å²) in [6.07, 6.45) is 0.0528. The highest BCUT2D eigenvalue weighted by Crippen LogP contribution is 2.41. The van der Waals surface area contributed by atoms with Crippen LogP contribution < -0.4 is 19.5 Å². The van der Waals surface area contributed by atoms with E-state index >= 15 is 0 Å². The molecule has 5 nitrogen and oxygen atoms in total. The number of aryl methyl sites for hydroxylation is 2. The minimum absolute atomic E-state index is 0.158. The number of methoxy groups -OCH3 is 1. The molecule has 2 atom stereocenters. The van der Waals surface area contributed by atoms with Gasteiger partial charge in [-0.25, -0.2) is 0 Å². The van der Waals surface area contributed by atoms with Crippen LogP contribution in [0.2, 0.25) is 0 Å². The molecule has 150 valence electrons. The Morgan fingerprint density at radius 3 is 2.54 bits per heavy atom. The van der Waals surface area contributed by atoms with Gasteiger partial charge in [0.25, 0.3) is 5.91 Å². The molecule has 1 N–H and O–H groups in total. The first kappa shape index (κ1) is 20.1. The third-order valence-electron chi connectivity index (χ3n) is 5.15. The summed E-state index contributed by atoms with van der Waals surface area (Å²) in [5, 5.41) is 3.13. The van der Waals surface area contributed by atoms with Crippen LogP contribution >= 0.6 is 0 Å². The van der Waals surface area contributed by atoms with Crippen molar-refractivity contribution in [3.63, 3.8) is 0 Å². The van der Waals surface area contributed by atoms with Crippen LogP contribution in [0.1, 0.15) is 49.9 Å². The van der Waals surface area contributed by atoms with Gasteiger partial charge in [0.1, 0.15) is 22.8 Å². The number of fused-ring (bicyclic) bond motifs is 1. The zero-order valence-electron chi connectivity index (χ0n) is 17.5. The molecule has 2 aromatic rings. The molecule has 0 bridgehead atoms. The fraction of sp³-hybridized carbons (Fsp3) is 0.435. The minimum atomic E-state index is -0.609. The van der Waals surface area contributed by atoms with Crippen LogP contribution in [0, 0.1) is 13.8 Å². The van der Waals surface area contributed by atoms with Crippen molar-refractivity contribution in [2.45, 2.75) is 58.8 Å². The van der Waals surface area contributed by atoms with Crippen molar-refractivity contribution >= 4 is 5.91 Å². The maximum Gasteiger partial charge on any atom is 0.261 e. The van der Waals surface area contributed by atoms with Gasteiger partial charge >= 0.3 is 0 Å². The van der Waals surface area contributed by atoms with Gasteiger partial charge in [0.05, 0.1) is 13.2 Å². The monoisotopic (exact) mass is 383 g/mol. The Hall–Kier alpha value is -2.69. The number of amides is 1. The fourth-order valence-electron chi connectivity index (χ4n) is 3.42. The molecule has 0 saturated heterocycles. The average Bonchev–Trinajstić information content (AvgIpc) is 2.63. The number of benzene rings is 2. The van der Waals surface area contributed by atoms with Crippen LogP contribution in [0.4, 0.5) is 0 Å². The highest BCUT2D eigenvalue weighted by Gasteiger charge is 2.35. The highest BCUT2D eigenvalue weighted by atomic mass is 16.5. The van der Waals surface area contributed by atoms with Gasteiger partial charge < -0.3 is 19.5 Å². The Morgan fingerprint density at radius 2 is 1.86 bits per heavy atom. The molecular weight excluding hydrogens is 354 g/mol. The molecule has 1 aliphatic rings. The molecule has 0 radical (unpaired) electrons. The van der Waals surface area contributed by atoms with Gasteiger partial charge in [-0.1, -0.05) is 6.07 Å². The number of carbonyl (C=O) groups is 1. The summed E-state index contributed by atoms with van der Waals surface area (Å²) >= 11 is 0. The molecule has 0 spiro atoms. The summed E-state index contributed by atoms with van der Waals surface area (Å²) in [4.78, 5) is 12.8. The lowest BCUT2D eigenvalue weighted by Crippen LogP contribution is -2.44. The van der Waals surface area contributed by atoms with Crippen LogP contribution in [-0.2, 0) is 4.79 Å².